The first-order valence-electron chi connectivity index (χ1n) is 5.43. The summed E-state index contributed by atoms with van der Waals surface area (Å²) in [6, 6.07) is 0. The molecule has 2 rings (SSSR count). The predicted octanol–water partition coefficient (Wildman–Crippen LogP) is -2.49. The summed E-state index contributed by atoms with van der Waals surface area (Å²) in [5, 5.41) is 0. The zero-order valence-electron chi connectivity index (χ0n) is 10.3. The number of carbonyl (C=O) groups excluding carboxylic acids is 1. The fourth-order valence-corrected chi connectivity index (χ4v) is 1.73. The van der Waals surface area contributed by atoms with Gasteiger partial charge in [0, 0.05) is 27.2 Å². The molecule has 9 nitrogen and oxygen atoms in total. The highest BCUT2D eigenvalue weighted by molar-refractivity contribution is 5.80. The molecule has 1 aromatic rings. The largest absolute Gasteiger partial charge is 0.353 e. The molecule has 0 saturated heterocycles. The van der Waals surface area contributed by atoms with E-state index in [1.165, 1.54) is 4.57 Å². The Hall–Kier alpha value is -2.16. The van der Waals surface area contributed by atoms with Gasteiger partial charge in [-0.15, -0.1) is 0 Å². The summed E-state index contributed by atoms with van der Waals surface area (Å²) >= 11 is 0. The number of aromatic nitrogens is 3. The Kier molecular flexibility index (Phi) is 3.15. The van der Waals surface area contributed by atoms with Crippen LogP contribution in [0.1, 0.15) is 0 Å². The number of nitrogens with two attached hydrogens (primary N) is 1. The maximum atomic E-state index is 11.8. The van der Waals surface area contributed by atoms with Crippen molar-refractivity contribution in [1.82, 2.24) is 20.0 Å². The van der Waals surface area contributed by atoms with Crippen LogP contribution in [-0.2, 0) is 11.3 Å². The maximum absolute atomic E-state index is 11.8. The van der Waals surface area contributed by atoms with Gasteiger partial charge in [0.25, 0.3) is 5.91 Å². The summed E-state index contributed by atoms with van der Waals surface area (Å²) < 4.78 is 1.44. The number of amides is 1. The van der Waals surface area contributed by atoms with E-state index < -0.39 is 0 Å². The first-order chi connectivity index (χ1) is 8.52. The van der Waals surface area contributed by atoms with Crippen LogP contribution < -0.4 is 26.8 Å². The minimum Gasteiger partial charge on any atom is -0.347 e. The summed E-state index contributed by atoms with van der Waals surface area (Å²) in [4.78, 5) is 34.5. The van der Waals surface area contributed by atoms with Crippen LogP contribution in [-0.4, -0.2) is 47.6 Å². The average Bonchev–Trinajstić information content (AvgIpc) is 2.72. The smallest absolute Gasteiger partial charge is 0.347 e. The Bertz CT molecular complexity index is 524. The topological polar surface area (TPSA) is 109 Å². The SMILES string of the molecule is CN(C)c1nc2n(c(=O)n1)CCN2CC(=O)NN. The third-order valence-corrected chi connectivity index (χ3v) is 2.64. The first kappa shape index (κ1) is 12.3. The fourth-order valence-electron chi connectivity index (χ4n) is 1.73. The van der Waals surface area contributed by atoms with Crippen LogP contribution in [0.15, 0.2) is 4.79 Å². The highest BCUT2D eigenvalue weighted by atomic mass is 16.2. The number of anilines is 2. The lowest BCUT2D eigenvalue weighted by atomic mass is 10.5. The van der Waals surface area contributed by atoms with E-state index >= 15 is 0 Å². The van der Waals surface area contributed by atoms with Gasteiger partial charge in [-0.1, -0.05) is 0 Å². The molecule has 1 aliphatic heterocycles. The number of hydrazine groups is 1. The number of rotatable bonds is 3. The maximum Gasteiger partial charge on any atom is 0.353 e. The van der Waals surface area contributed by atoms with Crippen molar-refractivity contribution in [1.29, 1.82) is 0 Å². The summed E-state index contributed by atoms with van der Waals surface area (Å²) in [6.07, 6.45) is 0. The van der Waals surface area contributed by atoms with E-state index in [1.807, 2.05) is 0 Å². The van der Waals surface area contributed by atoms with Crippen LogP contribution in [0.5, 0.6) is 0 Å². The second-order valence-electron chi connectivity index (χ2n) is 4.14. The summed E-state index contributed by atoms with van der Waals surface area (Å²) in [6.45, 7) is 1.08. The van der Waals surface area contributed by atoms with Crippen molar-refractivity contribution in [3.05, 3.63) is 10.5 Å². The summed E-state index contributed by atoms with van der Waals surface area (Å²) in [5.41, 5.74) is 1.69. The van der Waals surface area contributed by atoms with Gasteiger partial charge in [0.15, 0.2) is 0 Å². The molecule has 1 aromatic heterocycles. The van der Waals surface area contributed by atoms with E-state index in [0.29, 0.717) is 25.0 Å². The molecule has 0 aliphatic carbocycles. The molecule has 0 spiro atoms. The van der Waals surface area contributed by atoms with Crippen LogP contribution in [0.2, 0.25) is 0 Å². The lowest BCUT2D eigenvalue weighted by Crippen LogP contribution is -2.40. The van der Waals surface area contributed by atoms with E-state index in [0.717, 1.165) is 0 Å². The number of carbonyl (C=O) groups is 1. The van der Waals surface area contributed by atoms with Gasteiger partial charge < -0.3 is 9.80 Å². The van der Waals surface area contributed by atoms with Gasteiger partial charge in [-0.2, -0.15) is 9.97 Å². The molecule has 0 radical (unpaired) electrons. The van der Waals surface area contributed by atoms with E-state index in [2.05, 4.69) is 15.4 Å². The van der Waals surface area contributed by atoms with Crippen molar-refractivity contribution in [2.45, 2.75) is 6.54 Å². The Morgan fingerprint density at radius 2 is 2.17 bits per heavy atom. The monoisotopic (exact) mass is 253 g/mol. The van der Waals surface area contributed by atoms with Crippen molar-refractivity contribution < 1.29 is 4.79 Å². The Labute approximate surface area is 103 Å². The van der Waals surface area contributed by atoms with Crippen molar-refractivity contribution in [3.8, 4) is 0 Å². The molecule has 0 fully saturated rings. The van der Waals surface area contributed by atoms with Crippen LogP contribution in [0.4, 0.5) is 11.9 Å². The predicted molar refractivity (Wildman–Crippen MR) is 65.2 cm³/mol. The van der Waals surface area contributed by atoms with Crippen molar-refractivity contribution in [2.24, 2.45) is 5.84 Å². The quantitative estimate of drug-likeness (QED) is 0.348. The minimum absolute atomic E-state index is 0.0693. The third-order valence-electron chi connectivity index (χ3n) is 2.64. The van der Waals surface area contributed by atoms with E-state index in [-0.39, 0.29) is 18.1 Å². The Morgan fingerprint density at radius 3 is 2.78 bits per heavy atom. The van der Waals surface area contributed by atoms with Crippen molar-refractivity contribution >= 4 is 17.8 Å². The Balaban J connectivity index is 2.36. The van der Waals surface area contributed by atoms with Crippen LogP contribution in [0.3, 0.4) is 0 Å². The number of nitrogens with one attached hydrogen (secondary N) is 1. The fraction of sp³-hybridized carbons (Fsp3) is 0.556. The molecule has 1 aliphatic rings. The van der Waals surface area contributed by atoms with Crippen molar-refractivity contribution in [3.63, 3.8) is 0 Å². The molecule has 2 heterocycles. The molecule has 0 atom stereocenters. The van der Waals surface area contributed by atoms with Gasteiger partial charge in [-0.05, 0) is 0 Å². The molecule has 1 amide bonds. The van der Waals surface area contributed by atoms with E-state index in [4.69, 9.17) is 5.84 Å². The summed E-state index contributed by atoms with van der Waals surface area (Å²) in [5.74, 6) is 5.48. The average molecular weight is 253 g/mol. The molecule has 0 bridgehead atoms. The molecule has 0 aromatic carbocycles. The molecule has 3 N–H and O–H groups in total. The number of nitrogens with zero attached hydrogens (tertiary/aromatic N) is 5. The molecule has 18 heavy (non-hydrogen) atoms. The molecule has 0 saturated carbocycles. The lowest BCUT2D eigenvalue weighted by Gasteiger charge is -2.17. The van der Waals surface area contributed by atoms with Crippen LogP contribution >= 0.6 is 0 Å². The van der Waals surface area contributed by atoms with Crippen molar-refractivity contribution in [2.75, 3.05) is 37.0 Å². The van der Waals surface area contributed by atoms with Gasteiger partial charge in [0.1, 0.15) is 6.54 Å². The zero-order chi connectivity index (χ0) is 13.3. The molecule has 0 unspecified atom stereocenters. The highest BCUT2D eigenvalue weighted by Crippen LogP contribution is 2.17. The number of hydrogen-bond donors (Lipinski definition) is 2. The first-order valence-corrected chi connectivity index (χ1v) is 5.43. The van der Waals surface area contributed by atoms with E-state index in [1.54, 1.807) is 23.9 Å². The second kappa shape index (κ2) is 4.61. The summed E-state index contributed by atoms with van der Waals surface area (Å²) in [7, 11) is 3.50. The third kappa shape index (κ3) is 2.12. The normalized spacial score (nSPS) is 13.4. The number of fused-ring (bicyclic) bond motifs is 1. The molecular formula is C9H15N7O2. The van der Waals surface area contributed by atoms with Gasteiger partial charge in [0.05, 0.1) is 0 Å². The minimum atomic E-state index is -0.362. The van der Waals surface area contributed by atoms with Gasteiger partial charge in [-0.3, -0.25) is 14.8 Å². The van der Waals surface area contributed by atoms with Crippen LogP contribution in [0, 0.1) is 0 Å². The van der Waals surface area contributed by atoms with Gasteiger partial charge in [-0.25, -0.2) is 10.6 Å². The highest BCUT2D eigenvalue weighted by Gasteiger charge is 2.25. The molecule has 9 heteroatoms. The molecule has 98 valence electrons. The van der Waals surface area contributed by atoms with Gasteiger partial charge in [0.2, 0.25) is 11.9 Å². The Morgan fingerprint density at radius 1 is 1.44 bits per heavy atom. The lowest BCUT2D eigenvalue weighted by molar-refractivity contribution is -0.119. The molecular weight excluding hydrogens is 238 g/mol. The zero-order valence-corrected chi connectivity index (χ0v) is 10.3. The van der Waals surface area contributed by atoms with Gasteiger partial charge >= 0.3 is 5.69 Å². The van der Waals surface area contributed by atoms with Crippen LogP contribution in [0.25, 0.3) is 0 Å². The second-order valence-corrected chi connectivity index (χ2v) is 4.14. The standard InChI is InChI=1S/C9H15N7O2/c1-14(2)7-11-8-15(5-6(17)13-10)3-4-16(8)9(18)12-7/h3-5,10H2,1-2H3,(H,13,17). The van der Waals surface area contributed by atoms with E-state index in [9.17, 15) is 9.59 Å². The number of hydrogen-bond acceptors (Lipinski definition) is 7.